The summed E-state index contributed by atoms with van der Waals surface area (Å²) in [4.78, 5) is 0.173. The van der Waals surface area contributed by atoms with E-state index in [1.165, 1.54) is 19.3 Å². The molecular weight excluding hydrogens is 260 g/mol. The van der Waals surface area contributed by atoms with E-state index in [9.17, 15) is 8.42 Å². The molecule has 0 aliphatic heterocycles. The summed E-state index contributed by atoms with van der Waals surface area (Å²) in [5.74, 6) is 0.941. The third kappa shape index (κ3) is 4.93. The summed E-state index contributed by atoms with van der Waals surface area (Å²) in [6.07, 6.45) is 4.95. The van der Waals surface area contributed by atoms with Gasteiger partial charge in [-0.1, -0.05) is 25.0 Å². The van der Waals surface area contributed by atoms with Crippen molar-refractivity contribution in [3.63, 3.8) is 0 Å². The monoisotopic (exact) mass is 282 g/mol. The van der Waals surface area contributed by atoms with Crippen LogP contribution in [-0.2, 0) is 16.4 Å². The third-order valence-electron chi connectivity index (χ3n) is 3.54. The second-order valence-electron chi connectivity index (χ2n) is 5.47. The van der Waals surface area contributed by atoms with Crippen LogP contribution in [0.15, 0.2) is 29.2 Å². The predicted molar refractivity (Wildman–Crippen MR) is 76.3 cm³/mol. The van der Waals surface area contributed by atoms with E-state index in [0.717, 1.165) is 24.4 Å². The van der Waals surface area contributed by atoms with Gasteiger partial charge in [0.2, 0.25) is 10.0 Å². The van der Waals surface area contributed by atoms with Crippen molar-refractivity contribution in [2.45, 2.75) is 43.5 Å². The molecule has 0 radical (unpaired) electrons. The van der Waals surface area contributed by atoms with E-state index in [4.69, 9.17) is 5.14 Å². The lowest BCUT2D eigenvalue weighted by molar-refractivity contribution is 0.491. The Morgan fingerprint density at radius 2 is 1.95 bits per heavy atom. The quantitative estimate of drug-likeness (QED) is 0.799. The lowest BCUT2D eigenvalue weighted by Crippen LogP contribution is -2.28. The van der Waals surface area contributed by atoms with Gasteiger partial charge in [-0.2, -0.15) is 0 Å². The van der Waals surface area contributed by atoms with Crippen LogP contribution in [0.1, 0.15) is 31.7 Å². The van der Waals surface area contributed by atoms with E-state index < -0.39 is 10.0 Å². The van der Waals surface area contributed by atoms with Gasteiger partial charge >= 0.3 is 0 Å². The van der Waals surface area contributed by atoms with E-state index >= 15 is 0 Å². The minimum Gasteiger partial charge on any atom is -0.314 e. The largest absolute Gasteiger partial charge is 0.314 e. The normalized spacial score (nSPS) is 17.4. The molecule has 4 nitrogen and oxygen atoms in total. The molecule has 1 fully saturated rings. The molecule has 1 aromatic carbocycles. The average Bonchev–Trinajstić information content (AvgIpc) is 3.12. The number of rotatable bonds is 7. The molecule has 0 heterocycles. The summed E-state index contributed by atoms with van der Waals surface area (Å²) in [6, 6.07) is 7.35. The number of primary sulfonamides is 1. The Labute approximate surface area is 115 Å². The SMILES string of the molecule is CC(CC1CC1)NCCc1ccc(S(N)(=O)=O)cc1. The van der Waals surface area contributed by atoms with Crippen LogP contribution in [0.25, 0.3) is 0 Å². The van der Waals surface area contributed by atoms with Crippen LogP contribution >= 0.6 is 0 Å². The smallest absolute Gasteiger partial charge is 0.238 e. The molecule has 0 aromatic heterocycles. The predicted octanol–water partition coefficient (Wildman–Crippen LogP) is 1.65. The van der Waals surface area contributed by atoms with Crippen LogP contribution < -0.4 is 10.5 Å². The Morgan fingerprint density at radius 1 is 1.32 bits per heavy atom. The van der Waals surface area contributed by atoms with Crippen LogP contribution in [-0.4, -0.2) is 21.0 Å². The molecule has 106 valence electrons. The van der Waals surface area contributed by atoms with Crippen molar-refractivity contribution in [2.75, 3.05) is 6.54 Å². The zero-order valence-electron chi connectivity index (χ0n) is 11.3. The lowest BCUT2D eigenvalue weighted by atomic mass is 10.1. The molecular formula is C14H22N2O2S. The van der Waals surface area contributed by atoms with E-state index in [1.54, 1.807) is 12.1 Å². The van der Waals surface area contributed by atoms with Crippen LogP contribution in [0, 0.1) is 5.92 Å². The van der Waals surface area contributed by atoms with Crippen LogP contribution in [0.2, 0.25) is 0 Å². The molecule has 1 aliphatic rings. The van der Waals surface area contributed by atoms with Crippen molar-refractivity contribution in [3.8, 4) is 0 Å². The maximum atomic E-state index is 11.1. The first kappa shape index (κ1) is 14.5. The van der Waals surface area contributed by atoms with Gasteiger partial charge in [0.1, 0.15) is 0 Å². The fourth-order valence-corrected chi connectivity index (χ4v) is 2.76. The van der Waals surface area contributed by atoms with Gasteiger partial charge in [-0.15, -0.1) is 0 Å². The number of nitrogens with two attached hydrogens (primary N) is 1. The van der Waals surface area contributed by atoms with E-state index in [2.05, 4.69) is 12.2 Å². The van der Waals surface area contributed by atoms with Gasteiger partial charge in [-0.05, 0) is 49.9 Å². The van der Waals surface area contributed by atoms with Gasteiger partial charge in [0.15, 0.2) is 0 Å². The highest BCUT2D eigenvalue weighted by Gasteiger charge is 2.23. The summed E-state index contributed by atoms with van der Waals surface area (Å²) in [6.45, 7) is 3.14. The number of hydrogen-bond donors (Lipinski definition) is 2. The van der Waals surface area contributed by atoms with Gasteiger partial charge in [0.25, 0.3) is 0 Å². The van der Waals surface area contributed by atoms with Crippen molar-refractivity contribution in [3.05, 3.63) is 29.8 Å². The Kier molecular flexibility index (Phi) is 4.60. The minimum atomic E-state index is -3.58. The van der Waals surface area contributed by atoms with Crippen LogP contribution in [0.5, 0.6) is 0 Å². The van der Waals surface area contributed by atoms with Gasteiger partial charge in [-0.25, -0.2) is 13.6 Å². The Bertz CT molecular complexity index is 507. The average molecular weight is 282 g/mol. The van der Waals surface area contributed by atoms with E-state index in [0.29, 0.717) is 6.04 Å². The molecule has 19 heavy (non-hydrogen) atoms. The molecule has 1 aliphatic carbocycles. The maximum absolute atomic E-state index is 11.1. The zero-order chi connectivity index (χ0) is 13.9. The molecule has 0 bridgehead atoms. The molecule has 5 heteroatoms. The fraction of sp³-hybridized carbons (Fsp3) is 0.571. The van der Waals surface area contributed by atoms with Crippen molar-refractivity contribution >= 4 is 10.0 Å². The first-order valence-electron chi connectivity index (χ1n) is 6.80. The van der Waals surface area contributed by atoms with Crippen LogP contribution in [0.3, 0.4) is 0 Å². The zero-order valence-corrected chi connectivity index (χ0v) is 12.1. The molecule has 2 rings (SSSR count). The lowest BCUT2D eigenvalue weighted by Gasteiger charge is -2.13. The molecule has 0 spiro atoms. The van der Waals surface area contributed by atoms with Crippen molar-refractivity contribution in [2.24, 2.45) is 11.1 Å². The molecule has 0 saturated heterocycles. The summed E-state index contributed by atoms with van der Waals surface area (Å²) in [7, 11) is -3.58. The molecule has 3 N–H and O–H groups in total. The second kappa shape index (κ2) is 6.03. The molecule has 1 aromatic rings. The summed E-state index contributed by atoms with van der Waals surface area (Å²) >= 11 is 0. The maximum Gasteiger partial charge on any atom is 0.238 e. The number of sulfonamides is 1. The Balaban J connectivity index is 1.76. The first-order valence-corrected chi connectivity index (χ1v) is 8.35. The highest BCUT2D eigenvalue weighted by atomic mass is 32.2. The molecule has 1 atom stereocenters. The van der Waals surface area contributed by atoms with Gasteiger partial charge in [0, 0.05) is 6.04 Å². The van der Waals surface area contributed by atoms with E-state index in [-0.39, 0.29) is 4.90 Å². The fourth-order valence-electron chi connectivity index (χ4n) is 2.25. The van der Waals surface area contributed by atoms with Crippen molar-refractivity contribution < 1.29 is 8.42 Å². The summed E-state index contributed by atoms with van der Waals surface area (Å²) < 4.78 is 22.2. The van der Waals surface area contributed by atoms with E-state index in [1.807, 2.05) is 12.1 Å². The summed E-state index contributed by atoms with van der Waals surface area (Å²) in [5, 5.41) is 8.56. The number of benzene rings is 1. The highest BCUT2D eigenvalue weighted by Crippen LogP contribution is 2.33. The third-order valence-corrected chi connectivity index (χ3v) is 4.47. The Morgan fingerprint density at radius 3 is 2.47 bits per heavy atom. The van der Waals surface area contributed by atoms with Gasteiger partial charge in [-0.3, -0.25) is 0 Å². The van der Waals surface area contributed by atoms with Crippen LogP contribution in [0.4, 0.5) is 0 Å². The molecule has 1 saturated carbocycles. The van der Waals surface area contributed by atoms with Gasteiger partial charge < -0.3 is 5.32 Å². The first-order chi connectivity index (χ1) is 8.95. The Hall–Kier alpha value is -0.910. The number of nitrogens with one attached hydrogen (secondary N) is 1. The van der Waals surface area contributed by atoms with Gasteiger partial charge in [0.05, 0.1) is 4.90 Å². The molecule has 1 unspecified atom stereocenters. The van der Waals surface area contributed by atoms with Crippen molar-refractivity contribution in [1.29, 1.82) is 0 Å². The summed E-state index contributed by atoms with van der Waals surface area (Å²) in [5.41, 5.74) is 1.12. The standard InChI is InChI=1S/C14H22N2O2S/c1-11(10-13-2-3-13)16-9-8-12-4-6-14(7-5-12)19(15,17)18/h4-7,11,13,16H,2-3,8-10H2,1H3,(H2,15,17,18). The topological polar surface area (TPSA) is 72.2 Å². The van der Waals surface area contributed by atoms with Crippen molar-refractivity contribution in [1.82, 2.24) is 5.32 Å². The second-order valence-corrected chi connectivity index (χ2v) is 7.03. The number of hydrogen-bond acceptors (Lipinski definition) is 3. The highest BCUT2D eigenvalue weighted by molar-refractivity contribution is 7.89. The molecule has 0 amide bonds. The minimum absolute atomic E-state index is 0.173.